The van der Waals surface area contributed by atoms with Crippen molar-refractivity contribution in [3.8, 4) is 11.5 Å². The Balaban J connectivity index is 2.19. The fourth-order valence-corrected chi connectivity index (χ4v) is 1.73. The lowest BCUT2D eigenvalue weighted by Gasteiger charge is -2.09. The number of nitrogens with zero attached hydrogens (tertiary/aromatic N) is 2. The van der Waals surface area contributed by atoms with Gasteiger partial charge < -0.3 is 14.6 Å². The van der Waals surface area contributed by atoms with Crippen LogP contribution in [0.15, 0.2) is 30.6 Å². The van der Waals surface area contributed by atoms with Crippen molar-refractivity contribution in [2.24, 2.45) is 0 Å². The fraction of sp³-hybridized carbons (Fsp3) is 0.214. The molecule has 1 aromatic heterocycles. The van der Waals surface area contributed by atoms with Gasteiger partial charge in [0, 0.05) is 18.8 Å². The molecule has 2 aromatic rings. The van der Waals surface area contributed by atoms with Gasteiger partial charge in [0.1, 0.15) is 5.82 Å². The number of aromatic nitrogens is 2. The van der Waals surface area contributed by atoms with E-state index >= 15 is 0 Å². The number of hydrogen-bond donors (Lipinski definition) is 1. The maximum Gasteiger partial charge on any atom is 0.338 e. The average Bonchev–Trinajstić information content (AvgIpc) is 2.47. The zero-order valence-corrected chi connectivity index (χ0v) is 11.2. The van der Waals surface area contributed by atoms with Crippen molar-refractivity contribution >= 4 is 5.97 Å². The highest BCUT2D eigenvalue weighted by Crippen LogP contribution is 2.28. The number of benzene rings is 1. The number of aromatic carboxylic acids is 1. The van der Waals surface area contributed by atoms with Crippen molar-refractivity contribution in [2.75, 3.05) is 14.2 Å². The Labute approximate surface area is 116 Å². The highest BCUT2D eigenvalue weighted by atomic mass is 16.5. The molecule has 6 nitrogen and oxygen atoms in total. The molecule has 1 heterocycles. The fourth-order valence-electron chi connectivity index (χ4n) is 1.73. The van der Waals surface area contributed by atoms with Gasteiger partial charge in [-0.05, 0) is 17.7 Å². The van der Waals surface area contributed by atoms with E-state index in [0.29, 0.717) is 23.7 Å². The Morgan fingerprint density at radius 1 is 1.15 bits per heavy atom. The van der Waals surface area contributed by atoms with Crippen molar-refractivity contribution in [1.82, 2.24) is 9.97 Å². The van der Waals surface area contributed by atoms with E-state index in [9.17, 15) is 4.79 Å². The van der Waals surface area contributed by atoms with E-state index in [1.807, 2.05) is 12.1 Å². The van der Waals surface area contributed by atoms with Crippen LogP contribution in [0.5, 0.6) is 11.5 Å². The molecule has 20 heavy (non-hydrogen) atoms. The molecule has 0 fully saturated rings. The zero-order valence-electron chi connectivity index (χ0n) is 11.2. The zero-order chi connectivity index (χ0) is 14.5. The Hall–Kier alpha value is -2.63. The lowest BCUT2D eigenvalue weighted by Crippen LogP contribution is -2.02. The average molecular weight is 274 g/mol. The summed E-state index contributed by atoms with van der Waals surface area (Å²) in [6.45, 7) is 0. The lowest BCUT2D eigenvalue weighted by atomic mass is 10.1. The number of carboxylic acids is 1. The third-order valence-corrected chi connectivity index (χ3v) is 2.76. The van der Waals surface area contributed by atoms with Crippen LogP contribution < -0.4 is 9.47 Å². The number of carboxylic acid groups (broad SMARTS) is 1. The molecule has 0 aliphatic heterocycles. The number of methoxy groups -OCH3 is 2. The molecule has 1 aromatic carbocycles. The van der Waals surface area contributed by atoms with E-state index in [1.165, 1.54) is 12.4 Å². The summed E-state index contributed by atoms with van der Waals surface area (Å²) >= 11 is 0. The largest absolute Gasteiger partial charge is 0.493 e. The SMILES string of the molecule is COc1ccc(Cc2ncc(C(=O)O)cn2)cc1OC. The van der Waals surface area contributed by atoms with Crippen LogP contribution in [0.1, 0.15) is 21.7 Å². The van der Waals surface area contributed by atoms with E-state index in [0.717, 1.165) is 5.56 Å². The standard InChI is InChI=1S/C14H14N2O4/c1-19-11-4-3-9(5-12(11)20-2)6-13-15-7-10(8-16-13)14(17)18/h3-5,7-8H,6H2,1-2H3,(H,17,18). The minimum absolute atomic E-state index is 0.0704. The van der Waals surface area contributed by atoms with Gasteiger partial charge in [-0.1, -0.05) is 6.07 Å². The molecule has 0 bridgehead atoms. The van der Waals surface area contributed by atoms with Gasteiger partial charge in [0.2, 0.25) is 0 Å². The van der Waals surface area contributed by atoms with Crippen LogP contribution in [0.2, 0.25) is 0 Å². The number of rotatable bonds is 5. The first-order valence-corrected chi connectivity index (χ1v) is 5.89. The molecule has 104 valence electrons. The maximum atomic E-state index is 10.7. The normalized spacial score (nSPS) is 10.1. The van der Waals surface area contributed by atoms with Crippen molar-refractivity contribution < 1.29 is 19.4 Å². The summed E-state index contributed by atoms with van der Waals surface area (Å²) in [5, 5.41) is 8.78. The maximum absolute atomic E-state index is 10.7. The molecule has 0 atom stereocenters. The first-order chi connectivity index (χ1) is 9.63. The predicted molar refractivity (Wildman–Crippen MR) is 71.3 cm³/mol. The molecule has 0 aliphatic rings. The van der Waals surface area contributed by atoms with Gasteiger partial charge in [-0.15, -0.1) is 0 Å². The van der Waals surface area contributed by atoms with Crippen LogP contribution in [-0.4, -0.2) is 35.3 Å². The molecule has 0 saturated heterocycles. The van der Waals surface area contributed by atoms with Crippen LogP contribution in [0.3, 0.4) is 0 Å². The van der Waals surface area contributed by atoms with Gasteiger partial charge >= 0.3 is 5.97 Å². The first kappa shape index (κ1) is 13.8. The molecule has 1 N–H and O–H groups in total. The molecular formula is C14H14N2O4. The summed E-state index contributed by atoms with van der Waals surface area (Å²) < 4.78 is 10.4. The topological polar surface area (TPSA) is 81.5 Å². The molecule has 6 heteroatoms. The molecule has 0 unspecified atom stereocenters. The Morgan fingerprint density at radius 3 is 2.35 bits per heavy atom. The van der Waals surface area contributed by atoms with Crippen LogP contribution >= 0.6 is 0 Å². The van der Waals surface area contributed by atoms with Gasteiger partial charge in [-0.3, -0.25) is 0 Å². The van der Waals surface area contributed by atoms with Gasteiger partial charge in [-0.25, -0.2) is 14.8 Å². The second-order valence-electron chi connectivity index (χ2n) is 4.06. The summed E-state index contributed by atoms with van der Waals surface area (Å²) in [6.07, 6.45) is 3.08. The smallest absolute Gasteiger partial charge is 0.338 e. The Bertz CT molecular complexity index is 611. The van der Waals surface area contributed by atoms with Crippen LogP contribution in [0.25, 0.3) is 0 Å². The summed E-state index contributed by atoms with van der Waals surface area (Å²) in [4.78, 5) is 18.8. The summed E-state index contributed by atoms with van der Waals surface area (Å²) in [5.74, 6) is 0.787. The van der Waals surface area contributed by atoms with Crippen molar-refractivity contribution in [2.45, 2.75) is 6.42 Å². The molecule has 0 saturated carbocycles. The van der Waals surface area contributed by atoms with Crippen LogP contribution in [0, 0.1) is 0 Å². The first-order valence-electron chi connectivity index (χ1n) is 5.89. The van der Waals surface area contributed by atoms with Gasteiger partial charge in [-0.2, -0.15) is 0 Å². The molecule has 0 aliphatic carbocycles. The third kappa shape index (κ3) is 3.03. The number of carbonyl (C=O) groups is 1. The molecule has 0 radical (unpaired) electrons. The van der Waals surface area contributed by atoms with E-state index in [2.05, 4.69) is 9.97 Å². The van der Waals surface area contributed by atoms with Gasteiger partial charge in [0.05, 0.1) is 19.8 Å². The Morgan fingerprint density at radius 2 is 1.80 bits per heavy atom. The van der Waals surface area contributed by atoms with Crippen LogP contribution in [-0.2, 0) is 6.42 Å². The van der Waals surface area contributed by atoms with E-state index in [1.54, 1.807) is 20.3 Å². The molecule has 0 amide bonds. The van der Waals surface area contributed by atoms with E-state index in [-0.39, 0.29) is 5.56 Å². The predicted octanol–water partition coefficient (Wildman–Crippen LogP) is 1.78. The highest BCUT2D eigenvalue weighted by Gasteiger charge is 2.08. The minimum Gasteiger partial charge on any atom is -0.493 e. The van der Waals surface area contributed by atoms with Crippen molar-refractivity contribution in [3.63, 3.8) is 0 Å². The van der Waals surface area contributed by atoms with E-state index < -0.39 is 5.97 Å². The van der Waals surface area contributed by atoms with Crippen molar-refractivity contribution in [3.05, 3.63) is 47.5 Å². The highest BCUT2D eigenvalue weighted by molar-refractivity contribution is 5.86. The van der Waals surface area contributed by atoms with Gasteiger partial charge in [0.25, 0.3) is 0 Å². The van der Waals surface area contributed by atoms with Gasteiger partial charge in [0.15, 0.2) is 11.5 Å². The third-order valence-electron chi connectivity index (χ3n) is 2.76. The minimum atomic E-state index is -1.04. The lowest BCUT2D eigenvalue weighted by molar-refractivity contribution is 0.0696. The second kappa shape index (κ2) is 6.01. The number of ether oxygens (including phenoxy) is 2. The number of hydrogen-bond acceptors (Lipinski definition) is 5. The summed E-state index contributed by atoms with van der Waals surface area (Å²) in [5.41, 5.74) is 1.02. The monoisotopic (exact) mass is 274 g/mol. The quantitative estimate of drug-likeness (QED) is 0.895. The molecular weight excluding hydrogens is 260 g/mol. The summed E-state index contributed by atoms with van der Waals surface area (Å²) in [7, 11) is 3.14. The molecule has 2 rings (SSSR count). The summed E-state index contributed by atoms with van der Waals surface area (Å²) in [6, 6.07) is 5.53. The Kier molecular flexibility index (Phi) is 4.14. The van der Waals surface area contributed by atoms with Crippen molar-refractivity contribution in [1.29, 1.82) is 0 Å². The van der Waals surface area contributed by atoms with Crippen LogP contribution in [0.4, 0.5) is 0 Å². The van der Waals surface area contributed by atoms with E-state index in [4.69, 9.17) is 14.6 Å². The second-order valence-corrected chi connectivity index (χ2v) is 4.06. The molecule has 0 spiro atoms.